The molecule has 0 aliphatic heterocycles. The van der Waals surface area contributed by atoms with Gasteiger partial charge in [0.05, 0.1) is 0 Å². The quantitative estimate of drug-likeness (QED) is 0.402. The van der Waals surface area contributed by atoms with Crippen LogP contribution in [0.1, 0.15) is 52.9 Å². The standard InChI is InChI=1S/C13H26OP/c1-4-6-7-9-13(3)10-8-12-15(14)11-5-2/h7,9,13H,4-6,8,10-12H2,1-3H3/q+1. The van der Waals surface area contributed by atoms with Gasteiger partial charge in [-0.15, -0.1) is 0 Å². The first-order valence-electron chi connectivity index (χ1n) is 6.29. The van der Waals surface area contributed by atoms with E-state index in [0.29, 0.717) is 5.92 Å². The van der Waals surface area contributed by atoms with Gasteiger partial charge in [-0.2, -0.15) is 0 Å². The zero-order valence-electron chi connectivity index (χ0n) is 10.5. The largest absolute Gasteiger partial charge is 0.338 e. The smallest absolute Gasteiger partial charge is 0.0883 e. The molecule has 0 saturated carbocycles. The highest BCUT2D eigenvalue weighted by molar-refractivity contribution is 7.44. The third-order valence-electron chi connectivity index (χ3n) is 2.46. The molecule has 0 aromatic rings. The van der Waals surface area contributed by atoms with Gasteiger partial charge in [-0.3, -0.25) is 0 Å². The van der Waals surface area contributed by atoms with E-state index in [9.17, 15) is 4.57 Å². The highest BCUT2D eigenvalue weighted by Gasteiger charge is 2.12. The van der Waals surface area contributed by atoms with Crippen LogP contribution in [0.25, 0.3) is 0 Å². The summed E-state index contributed by atoms with van der Waals surface area (Å²) in [6.07, 6.45) is 12.2. The van der Waals surface area contributed by atoms with Crippen LogP contribution in [0.3, 0.4) is 0 Å². The lowest BCUT2D eigenvalue weighted by Gasteiger charge is -2.02. The molecule has 0 bridgehead atoms. The number of unbranched alkanes of at least 4 members (excludes halogenated alkanes) is 1. The molecule has 0 aromatic carbocycles. The topological polar surface area (TPSA) is 17.1 Å². The van der Waals surface area contributed by atoms with Gasteiger partial charge >= 0.3 is 7.80 Å². The molecule has 0 aliphatic carbocycles. The molecule has 0 N–H and O–H groups in total. The highest BCUT2D eigenvalue weighted by Crippen LogP contribution is 2.24. The number of hydrogen-bond donors (Lipinski definition) is 0. The van der Waals surface area contributed by atoms with Gasteiger partial charge in [0.2, 0.25) is 0 Å². The molecule has 2 heteroatoms. The Hall–Kier alpha value is -0.160. The first kappa shape index (κ1) is 14.8. The van der Waals surface area contributed by atoms with Crippen molar-refractivity contribution in [2.45, 2.75) is 52.9 Å². The first-order chi connectivity index (χ1) is 7.20. The molecule has 0 aliphatic rings. The van der Waals surface area contributed by atoms with Crippen LogP contribution in [-0.4, -0.2) is 12.3 Å². The van der Waals surface area contributed by atoms with E-state index in [1.54, 1.807) is 0 Å². The summed E-state index contributed by atoms with van der Waals surface area (Å²) in [7, 11) is -0.901. The van der Waals surface area contributed by atoms with Gasteiger partial charge in [-0.1, -0.05) is 43.9 Å². The fourth-order valence-corrected chi connectivity index (χ4v) is 2.80. The van der Waals surface area contributed by atoms with E-state index in [-0.39, 0.29) is 0 Å². The lowest BCUT2D eigenvalue weighted by atomic mass is 10.1. The fraction of sp³-hybridized carbons (Fsp3) is 0.846. The maximum atomic E-state index is 11.4. The van der Waals surface area contributed by atoms with Gasteiger partial charge in [0.1, 0.15) is 12.3 Å². The van der Waals surface area contributed by atoms with Crippen molar-refractivity contribution in [2.75, 3.05) is 12.3 Å². The molecule has 2 unspecified atom stereocenters. The summed E-state index contributed by atoms with van der Waals surface area (Å²) in [5.74, 6) is 0.654. The molecule has 1 nitrogen and oxygen atoms in total. The van der Waals surface area contributed by atoms with Crippen LogP contribution in [0.15, 0.2) is 12.2 Å². The molecule has 15 heavy (non-hydrogen) atoms. The van der Waals surface area contributed by atoms with E-state index in [0.717, 1.165) is 25.2 Å². The van der Waals surface area contributed by atoms with Crippen molar-refractivity contribution in [1.82, 2.24) is 0 Å². The van der Waals surface area contributed by atoms with E-state index >= 15 is 0 Å². The molecule has 0 heterocycles. The Kier molecular flexibility index (Phi) is 10.3. The monoisotopic (exact) mass is 229 g/mol. The predicted octanol–water partition coefficient (Wildman–Crippen LogP) is 5.00. The van der Waals surface area contributed by atoms with Crippen molar-refractivity contribution < 1.29 is 4.57 Å². The third kappa shape index (κ3) is 10.1. The van der Waals surface area contributed by atoms with Crippen LogP contribution in [-0.2, 0) is 4.57 Å². The van der Waals surface area contributed by atoms with E-state index in [1.807, 2.05) is 0 Å². The molecule has 0 spiro atoms. The van der Waals surface area contributed by atoms with Crippen molar-refractivity contribution in [2.24, 2.45) is 5.92 Å². The summed E-state index contributed by atoms with van der Waals surface area (Å²) in [5, 5.41) is 0. The fourth-order valence-electron chi connectivity index (χ4n) is 1.54. The van der Waals surface area contributed by atoms with E-state index in [4.69, 9.17) is 0 Å². The Morgan fingerprint density at radius 1 is 1.20 bits per heavy atom. The molecular formula is C13H26OP+. The Balaban J connectivity index is 3.45. The van der Waals surface area contributed by atoms with Crippen molar-refractivity contribution in [3.63, 3.8) is 0 Å². The minimum absolute atomic E-state index is 0.654. The minimum atomic E-state index is -0.901. The maximum absolute atomic E-state index is 11.4. The van der Waals surface area contributed by atoms with Gasteiger partial charge in [0, 0.05) is 0 Å². The molecule has 0 aromatic heterocycles. The van der Waals surface area contributed by atoms with Gasteiger partial charge in [-0.25, -0.2) is 0 Å². The van der Waals surface area contributed by atoms with E-state index in [1.165, 1.54) is 19.3 Å². The molecular weight excluding hydrogens is 203 g/mol. The number of rotatable bonds is 9. The van der Waals surface area contributed by atoms with Crippen molar-refractivity contribution in [3.05, 3.63) is 12.2 Å². The Morgan fingerprint density at radius 2 is 1.93 bits per heavy atom. The van der Waals surface area contributed by atoms with Crippen LogP contribution in [0.4, 0.5) is 0 Å². The number of hydrogen-bond acceptors (Lipinski definition) is 1. The Morgan fingerprint density at radius 3 is 2.53 bits per heavy atom. The summed E-state index contributed by atoms with van der Waals surface area (Å²) in [4.78, 5) is 0. The lowest BCUT2D eigenvalue weighted by molar-refractivity contribution is 0.578. The van der Waals surface area contributed by atoms with Crippen LogP contribution >= 0.6 is 7.80 Å². The summed E-state index contributed by atoms with van der Waals surface area (Å²) in [6.45, 7) is 6.55. The zero-order valence-corrected chi connectivity index (χ0v) is 11.4. The highest BCUT2D eigenvalue weighted by atomic mass is 31.1. The van der Waals surface area contributed by atoms with Crippen molar-refractivity contribution >= 4 is 7.80 Å². The second kappa shape index (κ2) is 10.4. The molecule has 0 saturated heterocycles. The second-order valence-electron chi connectivity index (χ2n) is 4.27. The Labute approximate surface area is 96.1 Å². The summed E-state index contributed by atoms with van der Waals surface area (Å²) < 4.78 is 11.4. The SMILES string of the molecule is CCCC=CC(C)CCC[P+](=O)CCC. The third-order valence-corrected chi connectivity index (χ3v) is 4.22. The molecule has 2 atom stereocenters. The first-order valence-corrected chi connectivity index (χ1v) is 7.92. The summed E-state index contributed by atoms with van der Waals surface area (Å²) >= 11 is 0. The van der Waals surface area contributed by atoms with Gasteiger partial charge in [0.15, 0.2) is 0 Å². The molecule has 0 amide bonds. The second-order valence-corrected chi connectivity index (χ2v) is 6.12. The molecule has 0 fully saturated rings. The Bertz CT molecular complexity index is 187. The maximum Gasteiger partial charge on any atom is 0.338 e. The van der Waals surface area contributed by atoms with Gasteiger partial charge < -0.3 is 0 Å². The summed E-state index contributed by atoms with van der Waals surface area (Å²) in [6, 6.07) is 0. The van der Waals surface area contributed by atoms with E-state index in [2.05, 4.69) is 32.9 Å². The average Bonchev–Trinajstić information content (AvgIpc) is 2.18. The van der Waals surface area contributed by atoms with Crippen LogP contribution in [0.2, 0.25) is 0 Å². The van der Waals surface area contributed by atoms with Crippen molar-refractivity contribution in [3.8, 4) is 0 Å². The number of allylic oxidation sites excluding steroid dienone is 2. The predicted molar refractivity (Wildman–Crippen MR) is 70.1 cm³/mol. The van der Waals surface area contributed by atoms with Gasteiger partial charge in [-0.05, 0) is 31.6 Å². The van der Waals surface area contributed by atoms with Crippen molar-refractivity contribution in [1.29, 1.82) is 0 Å². The lowest BCUT2D eigenvalue weighted by Crippen LogP contribution is -1.92. The van der Waals surface area contributed by atoms with Crippen LogP contribution < -0.4 is 0 Å². The minimum Gasteiger partial charge on any atom is -0.0883 e. The zero-order chi connectivity index (χ0) is 11.5. The molecule has 88 valence electrons. The summed E-state index contributed by atoms with van der Waals surface area (Å²) in [5.41, 5.74) is 0. The van der Waals surface area contributed by atoms with E-state index < -0.39 is 7.80 Å². The van der Waals surface area contributed by atoms with Crippen LogP contribution in [0.5, 0.6) is 0 Å². The molecule has 0 radical (unpaired) electrons. The molecule has 0 rings (SSSR count). The average molecular weight is 229 g/mol. The normalized spacial score (nSPS) is 14.5. The van der Waals surface area contributed by atoms with Gasteiger partial charge in [0.25, 0.3) is 0 Å². The van der Waals surface area contributed by atoms with Crippen LogP contribution in [0, 0.1) is 5.92 Å².